The van der Waals surface area contributed by atoms with E-state index in [1.165, 1.54) is 40.9 Å². The number of benzene rings is 1. The fourth-order valence-electron chi connectivity index (χ4n) is 2.99. The highest BCUT2D eigenvalue weighted by molar-refractivity contribution is 7.16. The smallest absolute Gasteiger partial charge is 0.0813 e. The van der Waals surface area contributed by atoms with Gasteiger partial charge in [0.1, 0.15) is 0 Å². The third-order valence-electron chi connectivity index (χ3n) is 4.16. The first-order valence-corrected chi connectivity index (χ1v) is 9.20. The van der Waals surface area contributed by atoms with Gasteiger partial charge in [-0.3, -0.25) is 0 Å². The van der Waals surface area contributed by atoms with Gasteiger partial charge < -0.3 is 5.32 Å². The summed E-state index contributed by atoms with van der Waals surface area (Å²) in [7, 11) is 0. The molecule has 0 saturated heterocycles. The number of hydrogen-bond acceptors (Lipinski definition) is 4. The van der Waals surface area contributed by atoms with E-state index < -0.39 is 0 Å². The molecule has 2 nitrogen and oxygen atoms in total. The van der Waals surface area contributed by atoms with Gasteiger partial charge in [0, 0.05) is 15.4 Å². The van der Waals surface area contributed by atoms with Crippen LogP contribution in [0, 0.1) is 0 Å². The summed E-state index contributed by atoms with van der Waals surface area (Å²) in [6.45, 7) is 2.26. The topological polar surface area (TPSA) is 24.9 Å². The lowest BCUT2D eigenvalue weighted by Gasteiger charge is -2.13. The van der Waals surface area contributed by atoms with E-state index in [1.54, 1.807) is 21.8 Å². The standard InChI is InChI=1S/C17H18N2S2/c1-11(16-8-12-4-2-3-5-15(12)21-16)19-13-6-7-14-17(9-13)20-10-18-14/h6-11,19H,2-5H2,1H3. The van der Waals surface area contributed by atoms with E-state index in [0.717, 1.165) is 5.52 Å². The Kier molecular flexibility index (Phi) is 3.43. The molecule has 1 atom stereocenters. The number of fused-ring (bicyclic) bond motifs is 2. The number of nitrogens with zero attached hydrogens (tertiary/aromatic N) is 1. The first-order chi connectivity index (χ1) is 10.3. The fraction of sp³-hybridized carbons (Fsp3) is 0.353. The summed E-state index contributed by atoms with van der Waals surface area (Å²) >= 11 is 3.69. The van der Waals surface area contributed by atoms with Crippen LogP contribution in [0.1, 0.15) is 41.1 Å². The number of rotatable bonds is 3. The van der Waals surface area contributed by atoms with E-state index in [-0.39, 0.29) is 0 Å². The second kappa shape index (κ2) is 5.43. The van der Waals surface area contributed by atoms with Crippen molar-refractivity contribution in [2.75, 3.05) is 5.32 Å². The minimum absolute atomic E-state index is 0.367. The van der Waals surface area contributed by atoms with E-state index in [4.69, 9.17) is 0 Å². The maximum atomic E-state index is 4.33. The summed E-state index contributed by atoms with van der Waals surface area (Å²) in [6.07, 6.45) is 5.26. The lowest BCUT2D eigenvalue weighted by atomic mass is 9.99. The molecule has 0 fully saturated rings. The number of aromatic nitrogens is 1. The molecular weight excluding hydrogens is 296 g/mol. The molecule has 0 radical (unpaired) electrons. The molecule has 1 aliphatic carbocycles. The summed E-state index contributed by atoms with van der Waals surface area (Å²) in [5.74, 6) is 0. The van der Waals surface area contributed by atoms with Crippen molar-refractivity contribution in [1.29, 1.82) is 0 Å². The first kappa shape index (κ1) is 13.3. The van der Waals surface area contributed by atoms with Crippen LogP contribution >= 0.6 is 22.7 Å². The maximum Gasteiger partial charge on any atom is 0.0813 e. The van der Waals surface area contributed by atoms with Gasteiger partial charge in [-0.05, 0) is 62.4 Å². The fourth-order valence-corrected chi connectivity index (χ4v) is 4.97. The summed E-state index contributed by atoms with van der Waals surface area (Å²) in [6, 6.07) is 9.22. The van der Waals surface area contributed by atoms with Gasteiger partial charge >= 0.3 is 0 Å². The van der Waals surface area contributed by atoms with Crippen LogP contribution in [0.3, 0.4) is 0 Å². The predicted molar refractivity (Wildman–Crippen MR) is 92.6 cm³/mol. The Balaban J connectivity index is 1.56. The zero-order valence-electron chi connectivity index (χ0n) is 12.1. The SMILES string of the molecule is CC(Nc1ccc2ncsc2c1)c1cc2c(s1)CCCC2. The molecule has 2 heterocycles. The lowest BCUT2D eigenvalue weighted by molar-refractivity contribution is 0.696. The Hall–Kier alpha value is -1.39. The maximum absolute atomic E-state index is 4.33. The molecule has 0 amide bonds. The monoisotopic (exact) mass is 314 g/mol. The Morgan fingerprint density at radius 3 is 3.00 bits per heavy atom. The Bertz CT molecular complexity index is 749. The van der Waals surface area contributed by atoms with Crippen molar-refractivity contribution in [3.63, 3.8) is 0 Å². The van der Waals surface area contributed by atoms with Crippen LogP contribution in [0.15, 0.2) is 29.8 Å². The molecule has 108 valence electrons. The molecule has 2 aromatic heterocycles. The minimum Gasteiger partial charge on any atom is -0.378 e. The van der Waals surface area contributed by atoms with E-state index in [0.29, 0.717) is 6.04 Å². The van der Waals surface area contributed by atoms with Gasteiger partial charge in [-0.2, -0.15) is 0 Å². The molecule has 4 rings (SSSR count). The molecule has 3 aromatic rings. The molecular formula is C17H18N2S2. The zero-order valence-corrected chi connectivity index (χ0v) is 13.7. The quantitative estimate of drug-likeness (QED) is 0.699. The third kappa shape index (κ3) is 2.58. The molecule has 21 heavy (non-hydrogen) atoms. The van der Waals surface area contributed by atoms with Crippen molar-refractivity contribution < 1.29 is 0 Å². The summed E-state index contributed by atoms with van der Waals surface area (Å²) in [5.41, 5.74) is 5.77. The lowest BCUT2D eigenvalue weighted by Crippen LogP contribution is -2.04. The molecule has 4 heteroatoms. The van der Waals surface area contributed by atoms with Crippen molar-refractivity contribution >= 4 is 38.6 Å². The van der Waals surface area contributed by atoms with Crippen LogP contribution in [0.2, 0.25) is 0 Å². The number of anilines is 1. The number of nitrogens with one attached hydrogen (secondary N) is 1. The molecule has 1 aromatic carbocycles. The van der Waals surface area contributed by atoms with E-state index in [1.807, 2.05) is 16.8 Å². The average Bonchev–Trinajstić information content (AvgIpc) is 3.13. The highest BCUT2D eigenvalue weighted by Gasteiger charge is 2.16. The molecule has 0 bridgehead atoms. The van der Waals surface area contributed by atoms with Gasteiger partial charge in [0.15, 0.2) is 0 Å². The average molecular weight is 314 g/mol. The Morgan fingerprint density at radius 1 is 1.19 bits per heavy atom. The molecule has 1 N–H and O–H groups in total. The zero-order chi connectivity index (χ0) is 14.2. The molecule has 1 unspecified atom stereocenters. The second-order valence-electron chi connectivity index (χ2n) is 5.71. The largest absolute Gasteiger partial charge is 0.378 e. The van der Waals surface area contributed by atoms with Gasteiger partial charge in [-0.15, -0.1) is 22.7 Å². The van der Waals surface area contributed by atoms with Crippen molar-refractivity contribution in [2.45, 2.75) is 38.6 Å². The normalized spacial score (nSPS) is 15.9. The molecule has 0 spiro atoms. The summed E-state index contributed by atoms with van der Waals surface area (Å²) in [4.78, 5) is 7.41. The second-order valence-corrected chi connectivity index (χ2v) is 7.76. The van der Waals surface area contributed by atoms with Gasteiger partial charge in [0.05, 0.1) is 21.8 Å². The number of thiophene rings is 1. The van der Waals surface area contributed by atoms with Gasteiger partial charge in [0.25, 0.3) is 0 Å². The number of aryl methyl sites for hydroxylation is 2. The van der Waals surface area contributed by atoms with Crippen molar-refractivity contribution in [2.24, 2.45) is 0 Å². The van der Waals surface area contributed by atoms with E-state index >= 15 is 0 Å². The predicted octanol–water partition coefficient (Wildman–Crippen LogP) is 5.41. The van der Waals surface area contributed by atoms with Crippen LogP contribution in [0.4, 0.5) is 5.69 Å². The van der Waals surface area contributed by atoms with Gasteiger partial charge in [-0.1, -0.05) is 0 Å². The van der Waals surface area contributed by atoms with Crippen molar-refractivity contribution in [3.8, 4) is 0 Å². The van der Waals surface area contributed by atoms with E-state index in [2.05, 4.69) is 41.5 Å². The van der Waals surface area contributed by atoms with Crippen LogP contribution in [-0.4, -0.2) is 4.98 Å². The molecule has 0 saturated carbocycles. The van der Waals surface area contributed by atoms with Crippen LogP contribution < -0.4 is 5.32 Å². The highest BCUT2D eigenvalue weighted by Crippen LogP contribution is 2.34. The van der Waals surface area contributed by atoms with Gasteiger partial charge in [-0.25, -0.2) is 4.98 Å². The number of thiazole rings is 1. The molecule has 0 aliphatic heterocycles. The molecule has 1 aliphatic rings. The summed E-state index contributed by atoms with van der Waals surface area (Å²) in [5, 5.41) is 3.64. The highest BCUT2D eigenvalue weighted by atomic mass is 32.1. The van der Waals surface area contributed by atoms with Crippen LogP contribution in [-0.2, 0) is 12.8 Å². The Morgan fingerprint density at radius 2 is 2.10 bits per heavy atom. The van der Waals surface area contributed by atoms with Crippen molar-refractivity contribution in [1.82, 2.24) is 4.98 Å². The van der Waals surface area contributed by atoms with Crippen molar-refractivity contribution in [3.05, 3.63) is 45.1 Å². The van der Waals surface area contributed by atoms with E-state index in [9.17, 15) is 0 Å². The van der Waals surface area contributed by atoms with Crippen LogP contribution in [0.5, 0.6) is 0 Å². The summed E-state index contributed by atoms with van der Waals surface area (Å²) < 4.78 is 1.25. The first-order valence-electron chi connectivity index (χ1n) is 7.51. The van der Waals surface area contributed by atoms with Gasteiger partial charge in [0.2, 0.25) is 0 Å². The van der Waals surface area contributed by atoms with Crippen LogP contribution in [0.25, 0.3) is 10.2 Å². The Labute approximate surface area is 132 Å². The minimum atomic E-state index is 0.367. The number of hydrogen-bond donors (Lipinski definition) is 1. The third-order valence-corrected chi connectivity index (χ3v) is 6.37.